The summed E-state index contributed by atoms with van der Waals surface area (Å²) in [6, 6.07) is 2.01. The molecule has 5 heteroatoms. The van der Waals surface area contributed by atoms with Crippen LogP contribution in [0.3, 0.4) is 0 Å². The molecule has 0 spiro atoms. The van der Waals surface area contributed by atoms with Gasteiger partial charge in [0, 0.05) is 11.5 Å². The molecule has 2 rings (SSSR count). The van der Waals surface area contributed by atoms with E-state index in [0.29, 0.717) is 0 Å². The molecule has 1 aromatic rings. The zero-order valence-corrected chi connectivity index (χ0v) is 9.95. The second-order valence-corrected chi connectivity index (χ2v) is 4.52. The van der Waals surface area contributed by atoms with E-state index in [1.54, 1.807) is 0 Å². The van der Waals surface area contributed by atoms with Crippen LogP contribution in [0.4, 0.5) is 8.78 Å². The van der Waals surface area contributed by atoms with E-state index >= 15 is 0 Å². The summed E-state index contributed by atoms with van der Waals surface area (Å²) >= 11 is 0. The zero-order valence-electron chi connectivity index (χ0n) is 9.95. The van der Waals surface area contributed by atoms with Crippen molar-refractivity contribution in [1.82, 2.24) is 0 Å². The minimum atomic E-state index is -1.02. The molecule has 18 heavy (non-hydrogen) atoms. The molecule has 0 aromatic heterocycles. The van der Waals surface area contributed by atoms with Gasteiger partial charge in [-0.1, -0.05) is 0 Å². The van der Waals surface area contributed by atoms with Crippen LogP contribution in [0.2, 0.25) is 0 Å². The minimum absolute atomic E-state index is 0.0578. The number of carbonyl (C=O) groups is 1. The summed E-state index contributed by atoms with van der Waals surface area (Å²) < 4.78 is 32.3. The molecule has 3 nitrogen and oxygen atoms in total. The molecule has 1 unspecified atom stereocenters. The highest BCUT2D eigenvalue weighted by Crippen LogP contribution is 2.48. The van der Waals surface area contributed by atoms with Gasteiger partial charge >= 0.3 is 5.97 Å². The Labute approximate surface area is 103 Å². The Morgan fingerprint density at radius 2 is 2.06 bits per heavy atom. The topological polar surface area (TPSA) is 46.5 Å². The second-order valence-electron chi connectivity index (χ2n) is 4.52. The number of halogens is 2. The SMILES string of the molecule is COc1c(F)ccc(F)c1C(CC(=O)O)C1CC1. The van der Waals surface area contributed by atoms with Crippen LogP contribution in [-0.2, 0) is 4.79 Å². The van der Waals surface area contributed by atoms with Gasteiger partial charge in [0.15, 0.2) is 11.6 Å². The third kappa shape index (κ3) is 2.44. The van der Waals surface area contributed by atoms with E-state index in [1.165, 1.54) is 7.11 Å². The van der Waals surface area contributed by atoms with Crippen molar-refractivity contribution >= 4 is 5.97 Å². The third-order valence-electron chi connectivity index (χ3n) is 3.26. The minimum Gasteiger partial charge on any atom is -0.493 e. The summed E-state index contributed by atoms with van der Waals surface area (Å²) in [7, 11) is 1.26. The number of benzene rings is 1. The van der Waals surface area contributed by atoms with Crippen LogP contribution < -0.4 is 4.74 Å². The van der Waals surface area contributed by atoms with Crippen LogP contribution in [-0.4, -0.2) is 18.2 Å². The predicted molar refractivity (Wildman–Crippen MR) is 60.6 cm³/mol. The molecule has 0 heterocycles. The van der Waals surface area contributed by atoms with Crippen molar-refractivity contribution in [3.63, 3.8) is 0 Å². The van der Waals surface area contributed by atoms with Crippen LogP contribution in [0, 0.1) is 17.6 Å². The van der Waals surface area contributed by atoms with Gasteiger partial charge in [0.25, 0.3) is 0 Å². The monoisotopic (exact) mass is 256 g/mol. The van der Waals surface area contributed by atoms with E-state index < -0.39 is 23.5 Å². The number of methoxy groups -OCH3 is 1. The Kier molecular flexibility index (Phi) is 3.50. The van der Waals surface area contributed by atoms with Crippen LogP contribution in [0.15, 0.2) is 12.1 Å². The fraction of sp³-hybridized carbons (Fsp3) is 0.462. The van der Waals surface area contributed by atoms with Gasteiger partial charge in [0.2, 0.25) is 0 Å². The molecule has 0 radical (unpaired) electrons. The molecule has 1 fully saturated rings. The second kappa shape index (κ2) is 4.92. The molecule has 1 aliphatic carbocycles. The average molecular weight is 256 g/mol. The first-order chi connectivity index (χ1) is 8.54. The maximum absolute atomic E-state index is 13.9. The Bertz CT molecular complexity index is 470. The van der Waals surface area contributed by atoms with Crippen molar-refractivity contribution in [3.8, 4) is 5.75 Å². The molecule has 1 saturated carbocycles. The predicted octanol–water partition coefficient (Wildman–Crippen LogP) is 2.94. The highest BCUT2D eigenvalue weighted by molar-refractivity contribution is 5.68. The Morgan fingerprint density at radius 1 is 1.44 bits per heavy atom. The first kappa shape index (κ1) is 12.8. The molecule has 1 N–H and O–H groups in total. The number of carboxylic acid groups (broad SMARTS) is 1. The zero-order chi connectivity index (χ0) is 13.3. The number of ether oxygens (including phenoxy) is 1. The lowest BCUT2D eigenvalue weighted by atomic mass is 9.89. The Hall–Kier alpha value is -1.65. The first-order valence-corrected chi connectivity index (χ1v) is 5.78. The van der Waals surface area contributed by atoms with Crippen molar-refractivity contribution in [2.45, 2.75) is 25.2 Å². The van der Waals surface area contributed by atoms with Crippen molar-refractivity contribution < 1.29 is 23.4 Å². The highest BCUT2D eigenvalue weighted by atomic mass is 19.1. The largest absolute Gasteiger partial charge is 0.493 e. The summed E-state index contributed by atoms with van der Waals surface area (Å²) in [5.74, 6) is -2.87. The molecule has 1 aromatic carbocycles. The highest BCUT2D eigenvalue weighted by Gasteiger charge is 2.37. The summed E-state index contributed by atoms with van der Waals surface area (Å²) in [4.78, 5) is 10.9. The van der Waals surface area contributed by atoms with Gasteiger partial charge in [-0.25, -0.2) is 8.78 Å². The molecule has 0 saturated heterocycles. The van der Waals surface area contributed by atoms with Crippen LogP contribution >= 0.6 is 0 Å². The van der Waals surface area contributed by atoms with Crippen LogP contribution in [0.1, 0.15) is 30.7 Å². The van der Waals surface area contributed by atoms with Gasteiger partial charge in [-0.3, -0.25) is 4.79 Å². The normalized spacial score (nSPS) is 16.4. The molecule has 0 aliphatic heterocycles. The standard InChI is InChI=1S/C13H14F2O3/c1-18-13-10(15)5-4-9(14)12(13)8(6-11(16)17)7-2-3-7/h4-5,7-8H,2-3,6H2,1H3,(H,16,17). The van der Waals surface area contributed by atoms with Crippen molar-refractivity contribution in [3.05, 3.63) is 29.3 Å². The molecular weight excluding hydrogens is 242 g/mol. The van der Waals surface area contributed by atoms with Crippen LogP contribution in [0.5, 0.6) is 5.75 Å². The molecule has 1 atom stereocenters. The van der Waals surface area contributed by atoms with Crippen LogP contribution in [0.25, 0.3) is 0 Å². The molecule has 0 amide bonds. The number of hydrogen-bond acceptors (Lipinski definition) is 2. The first-order valence-electron chi connectivity index (χ1n) is 5.78. The fourth-order valence-corrected chi connectivity index (χ4v) is 2.29. The number of hydrogen-bond donors (Lipinski definition) is 1. The lowest BCUT2D eigenvalue weighted by molar-refractivity contribution is -0.137. The van der Waals surface area contributed by atoms with Crippen molar-refractivity contribution in [2.24, 2.45) is 5.92 Å². The van der Waals surface area contributed by atoms with E-state index in [4.69, 9.17) is 9.84 Å². The summed E-state index contributed by atoms with van der Waals surface area (Å²) in [5, 5.41) is 8.89. The third-order valence-corrected chi connectivity index (χ3v) is 3.26. The van der Waals surface area contributed by atoms with E-state index in [2.05, 4.69) is 0 Å². The number of aliphatic carboxylic acids is 1. The van der Waals surface area contributed by atoms with E-state index in [-0.39, 0.29) is 23.7 Å². The lowest BCUT2D eigenvalue weighted by Crippen LogP contribution is -2.12. The van der Waals surface area contributed by atoms with Crippen molar-refractivity contribution in [2.75, 3.05) is 7.11 Å². The van der Waals surface area contributed by atoms with Crippen molar-refractivity contribution in [1.29, 1.82) is 0 Å². The van der Waals surface area contributed by atoms with E-state index in [0.717, 1.165) is 25.0 Å². The maximum atomic E-state index is 13.9. The average Bonchev–Trinajstić information content (AvgIpc) is 3.13. The number of carboxylic acids is 1. The summed E-state index contributed by atoms with van der Waals surface area (Å²) in [6.45, 7) is 0. The number of rotatable bonds is 5. The van der Waals surface area contributed by atoms with Gasteiger partial charge in [-0.05, 0) is 30.9 Å². The van der Waals surface area contributed by atoms with Gasteiger partial charge in [0.05, 0.1) is 13.5 Å². The summed E-state index contributed by atoms with van der Waals surface area (Å²) in [5.41, 5.74) is 0.0578. The van der Waals surface area contributed by atoms with Gasteiger partial charge in [-0.15, -0.1) is 0 Å². The molecular formula is C13H14F2O3. The molecule has 0 bridgehead atoms. The van der Waals surface area contributed by atoms with Gasteiger partial charge in [0.1, 0.15) is 5.82 Å². The molecule has 1 aliphatic rings. The summed E-state index contributed by atoms with van der Waals surface area (Å²) in [6.07, 6.45) is 1.48. The lowest BCUT2D eigenvalue weighted by Gasteiger charge is -2.19. The quantitative estimate of drug-likeness (QED) is 0.881. The van der Waals surface area contributed by atoms with Gasteiger partial charge < -0.3 is 9.84 Å². The molecule has 98 valence electrons. The maximum Gasteiger partial charge on any atom is 0.303 e. The fourth-order valence-electron chi connectivity index (χ4n) is 2.29. The smallest absolute Gasteiger partial charge is 0.303 e. The Balaban J connectivity index is 2.45. The van der Waals surface area contributed by atoms with E-state index in [1.807, 2.05) is 0 Å². The Morgan fingerprint density at radius 3 is 2.56 bits per heavy atom. The van der Waals surface area contributed by atoms with Gasteiger partial charge in [-0.2, -0.15) is 0 Å². The van der Waals surface area contributed by atoms with E-state index in [9.17, 15) is 13.6 Å².